The van der Waals surface area contributed by atoms with Gasteiger partial charge in [0.25, 0.3) is 5.91 Å². The Morgan fingerprint density at radius 1 is 1.11 bits per heavy atom. The zero-order valence-electron chi connectivity index (χ0n) is 15.4. The van der Waals surface area contributed by atoms with E-state index < -0.39 is 0 Å². The molecule has 3 heterocycles. The number of aryl methyl sites for hydroxylation is 3. The van der Waals surface area contributed by atoms with Gasteiger partial charge in [-0.15, -0.1) is 10.2 Å². The lowest BCUT2D eigenvalue weighted by atomic mass is 10.2. The number of carbonyl (C=O) groups is 2. The Hall–Kier alpha value is -3.63. The molecule has 2 amide bonds. The summed E-state index contributed by atoms with van der Waals surface area (Å²) in [5.74, 6) is 0.146. The van der Waals surface area contributed by atoms with E-state index in [2.05, 4.69) is 36.2 Å². The molecule has 0 aliphatic carbocycles. The minimum absolute atomic E-state index is 0.273. The lowest BCUT2D eigenvalue weighted by Crippen LogP contribution is -2.23. The van der Waals surface area contributed by atoms with Crippen molar-refractivity contribution in [3.05, 3.63) is 47.7 Å². The third-order valence-electron chi connectivity index (χ3n) is 3.97. The zero-order valence-corrected chi connectivity index (χ0v) is 15.4. The Morgan fingerprint density at radius 3 is 2.57 bits per heavy atom. The van der Waals surface area contributed by atoms with Gasteiger partial charge in [-0.2, -0.15) is 0 Å². The van der Waals surface area contributed by atoms with Gasteiger partial charge in [-0.05, 0) is 31.4 Å². The highest BCUT2D eigenvalue weighted by atomic mass is 16.2. The van der Waals surface area contributed by atoms with Crippen molar-refractivity contribution >= 4 is 18.1 Å². The molecule has 0 atom stereocenters. The van der Waals surface area contributed by atoms with Gasteiger partial charge < -0.3 is 10.6 Å². The quantitative estimate of drug-likeness (QED) is 0.386. The first-order valence-electron chi connectivity index (χ1n) is 8.84. The lowest BCUT2D eigenvalue weighted by Gasteiger charge is -2.03. The van der Waals surface area contributed by atoms with Crippen molar-refractivity contribution in [2.24, 2.45) is 0 Å². The molecular formula is C17H21N9O2. The van der Waals surface area contributed by atoms with Crippen LogP contribution in [0.3, 0.4) is 0 Å². The van der Waals surface area contributed by atoms with Gasteiger partial charge in [0.05, 0.1) is 12.4 Å². The average molecular weight is 383 g/mol. The molecule has 0 bridgehead atoms. The molecule has 0 spiro atoms. The number of unbranched alkanes of at least 4 members (excludes halogenated alkanes) is 1. The molecule has 0 aliphatic rings. The van der Waals surface area contributed by atoms with Crippen LogP contribution in [-0.2, 0) is 24.4 Å². The van der Waals surface area contributed by atoms with E-state index in [1.807, 2.05) is 19.1 Å². The molecule has 146 valence electrons. The van der Waals surface area contributed by atoms with Gasteiger partial charge in [0.2, 0.25) is 6.41 Å². The Bertz CT molecular complexity index is 917. The normalized spacial score (nSPS) is 10.6. The number of hydrogen-bond donors (Lipinski definition) is 2. The summed E-state index contributed by atoms with van der Waals surface area (Å²) in [6.07, 6.45) is 7.26. The minimum Gasteiger partial charge on any atom is -0.346 e. The van der Waals surface area contributed by atoms with Crippen LogP contribution >= 0.6 is 0 Å². The topological polar surface area (TPSA) is 133 Å². The molecule has 0 saturated heterocycles. The van der Waals surface area contributed by atoms with Crippen molar-refractivity contribution in [1.29, 1.82) is 0 Å². The fourth-order valence-electron chi connectivity index (χ4n) is 2.47. The van der Waals surface area contributed by atoms with E-state index in [4.69, 9.17) is 0 Å². The van der Waals surface area contributed by atoms with Gasteiger partial charge in [0, 0.05) is 31.5 Å². The number of amides is 2. The Kier molecular flexibility index (Phi) is 6.39. The van der Waals surface area contributed by atoms with E-state index in [0.717, 1.165) is 24.1 Å². The van der Waals surface area contributed by atoms with Crippen molar-refractivity contribution in [2.75, 3.05) is 5.32 Å². The highest BCUT2D eigenvalue weighted by Crippen LogP contribution is 2.03. The number of hydrogen-bond acceptors (Lipinski definition) is 7. The van der Waals surface area contributed by atoms with Crippen molar-refractivity contribution < 1.29 is 9.59 Å². The summed E-state index contributed by atoms with van der Waals surface area (Å²) in [7, 11) is 0. The monoisotopic (exact) mass is 383 g/mol. The van der Waals surface area contributed by atoms with Crippen LogP contribution in [-0.4, -0.2) is 47.3 Å². The molecule has 28 heavy (non-hydrogen) atoms. The lowest BCUT2D eigenvalue weighted by molar-refractivity contribution is -0.105. The van der Waals surface area contributed by atoms with Crippen molar-refractivity contribution in [3.8, 4) is 0 Å². The Balaban J connectivity index is 1.39. The maximum absolute atomic E-state index is 12.2. The maximum atomic E-state index is 12.2. The standard InChI is InChI=1S/C17H21N9O2/c1-13-4-5-14(8-18-13)9-19-17(28)15-10-25(23-21-15)6-2-3-7-26-11-16(20-12-27)22-24-26/h4-5,8,10-12H,2-3,6-7,9H2,1H3,(H,19,28)(H,20,27). The minimum atomic E-state index is -0.273. The van der Waals surface area contributed by atoms with Crippen molar-refractivity contribution in [2.45, 2.75) is 39.4 Å². The highest BCUT2D eigenvalue weighted by molar-refractivity contribution is 5.91. The fraction of sp³-hybridized carbons (Fsp3) is 0.353. The molecule has 0 aromatic carbocycles. The largest absolute Gasteiger partial charge is 0.346 e. The van der Waals surface area contributed by atoms with Crippen molar-refractivity contribution in [1.82, 2.24) is 40.3 Å². The summed E-state index contributed by atoms with van der Waals surface area (Å²) in [5.41, 5.74) is 2.13. The number of nitrogens with one attached hydrogen (secondary N) is 2. The van der Waals surface area contributed by atoms with E-state index in [1.54, 1.807) is 28.0 Å². The summed E-state index contributed by atoms with van der Waals surface area (Å²) >= 11 is 0. The van der Waals surface area contributed by atoms with Crippen LogP contribution < -0.4 is 10.6 Å². The summed E-state index contributed by atoms with van der Waals surface area (Å²) < 4.78 is 3.30. The van der Waals surface area contributed by atoms with Gasteiger partial charge in [-0.1, -0.05) is 16.5 Å². The van der Waals surface area contributed by atoms with Crippen LogP contribution in [0.25, 0.3) is 0 Å². The highest BCUT2D eigenvalue weighted by Gasteiger charge is 2.10. The summed E-state index contributed by atoms with van der Waals surface area (Å²) in [6.45, 7) is 3.60. The molecule has 11 nitrogen and oxygen atoms in total. The molecule has 3 aromatic rings. The van der Waals surface area contributed by atoms with E-state index in [9.17, 15) is 9.59 Å². The maximum Gasteiger partial charge on any atom is 0.273 e. The molecule has 0 radical (unpaired) electrons. The predicted molar refractivity (Wildman–Crippen MR) is 99.1 cm³/mol. The van der Waals surface area contributed by atoms with Crippen molar-refractivity contribution in [3.63, 3.8) is 0 Å². The first kappa shape index (κ1) is 19.1. The molecule has 0 saturated carbocycles. The molecule has 0 fully saturated rings. The number of carbonyl (C=O) groups excluding carboxylic acids is 2. The Morgan fingerprint density at radius 2 is 1.86 bits per heavy atom. The van der Waals surface area contributed by atoms with Gasteiger partial charge in [-0.25, -0.2) is 0 Å². The van der Waals surface area contributed by atoms with Crippen LogP contribution in [0, 0.1) is 6.92 Å². The molecule has 0 unspecified atom stereocenters. The van der Waals surface area contributed by atoms with Crippen LogP contribution in [0.15, 0.2) is 30.7 Å². The second-order valence-electron chi connectivity index (χ2n) is 6.19. The zero-order chi connectivity index (χ0) is 19.8. The van der Waals surface area contributed by atoms with Crippen LogP contribution in [0.2, 0.25) is 0 Å². The summed E-state index contributed by atoms with van der Waals surface area (Å²) in [6, 6.07) is 3.82. The van der Waals surface area contributed by atoms with Crippen LogP contribution in [0.4, 0.5) is 5.82 Å². The number of pyridine rings is 1. The molecule has 0 aliphatic heterocycles. The van der Waals surface area contributed by atoms with Crippen LogP contribution in [0.1, 0.15) is 34.6 Å². The van der Waals surface area contributed by atoms with E-state index in [-0.39, 0.29) is 11.6 Å². The fourth-order valence-corrected chi connectivity index (χ4v) is 2.47. The van der Waals surface area contributed by atoms with E-state index >= 15 is 0 Å². The van der Waals surface area contributed by atoms with Gasteiger partial charge in [0.1, 0.15) is 0 Å². The second kappa shape index (κ2) is 9.35. The molecule has 2 N–H and O–H groups in total. The third-order valence-corrected chi connectivity index (χ3v) is 3.97. The van der Waals surface area contributed by atoms with Crippen LogP contribution in [0.5, 0.6) is 0 Å². The predicted octanol–water partition coefficient (Wildman–Crippen LogP) is 0.552. The molecular weight excluding hydrogens is 362 g/mol. The Labute approximate surface area is 161 Å². The van der Waals surface area contributed by atoms with Gasteiger partial charge in [0.15, 0.2) is 11.5 Å². The third kappa shape index (κ3) is 5.43. The summed E-state index contributed by atoms with van der Waals surface area (Å²) in [5, 5.41) is 20.9. The second-order valence-corrected chi connectivity index (χ2v) is 6.19. The van der Waals surface area contributed by atoms with Gasteiger partial charge in [-0.3, -0.25) is 23.9 Å². The first-order valence-corrected chi connectivity index (χ1v) is 8.84. The number of anilines is 1. The average Bonchev–Trinajstić information content (AvgIpc) is 3.34. The number of nitrogens with zero attached hydrogens (tertiary/aromatic N) is 7. The molecule has 11 heteroatoms. The van der Waals surface area contributed by atoms with E-state index in [0.29, 0.717) is 31.9 Å². The van der Waals surface area contributed by atoms with E-state index in [1.165, 1.54) is 0 Å². The van der Waals surface area contributed by atoms with Gasteiger partial charge >= 0.3 is 0 Å². The first-order chi connectivity index (χ1) is 13.6. The molecule has 3 rings (SSSR count). The molecule has 3 aromatic heterocycles. The smallest absolute Gasteiger partial charge is 0.273 e. The number of aromatic nitrogens is 7. The SMILES string of the molecule is Cc1ccc(CNC(=O)c2cn(CCCCn3cc(NC=O)nn3)nn2)cn1. The summed E-state index contributed by atoms with van der Waals surface area (Å²) in [4.78, 5) is 26.7. The number of rotatable bonds is 10.